The second-order valence-electron chi connectivity index (χ2n) is 16.1. The van der Waals surface area contributed by atoms with E-state index in [1.807, 2.05) is 12.1 Å². The summed E-state index contributed by atoms with van der Waals surface area (Å²) in [4.78, 5) is 2.46. The van der Waals surface area contributed by atoms with Crippen molar-refractivity contribution in [3.63, 3.8) is 0 Å². The molecule has 274 valence electrons. The van der Waals surface area contributed by atoms with Crippen molar-refractivity contribution in [3.05, 3.63) is 205 Å². The lowest BCUT2D eigenvalue weighted by atomic mass is 9.82. The third-order valence-corrected chi connectivity index (χ3v) is 12.6. The van der Waals surface area contributed by atoms with Crippen LogP contribution in [0, 0.1) is 0 Å². The van der Waals surface area contributed by atoms with Gasteiger partial charge >= 0.3 is 0 Å². The van der Waals surface area contributed by atoms with Crippen LogP contribution in [-0.4, -0.2) is 4.57 Å². The van der Waals surface area contributed by atoms with Crippen molar-refractivity contribution in [2.24, 2.45) is 0 Å². The van der Waals surface area contributed by atoms with Gasteiger partial charge in [0, 0.05) is 49.4 Å². The van der Waals surface area contributed by atoms with Crippen molar-refractivity contribution in [1.82, 2.24) is 4.57 Å². The molecule has 0 fully saturated rings. The van der Waals surface area contributed by atoms with Gasteiger partial charge < -0.3 is 13.9 Å². The molecule has 0 amide bonds. The van der Waals surface area contributed by atoms with Crippen molar-refractivity contribution < 1.29 is 4.42 Å². The minimum absolute atomic E-state index is 0.112. The Morgan fingerprint density at radius 3 is 1.98 bits per heavy atom. The fourth-order valence-corrected chi connectivity index (χ4v) is 9.75. The molecule has 0 bridgehead atoms. The molecule has 0 atom stereocenters. The van der Waals surface area contributed by atoms with Gasteiger partial charge in [-0.05, 0) is 112 Å². The van der Waals surface area contributed by atoms with Crippen LogP contribution in [0.3, 0.4) is 0 Å². The molecule has 1 aliphatic carbocycles. The maximum absolute atomic E-state index is 6.23. The first-order valence-electron chi connectivity index (χ1n) is 20.1. The topological polar surface area (TPSA) is 21.3 Å². The third-order valence-electron chi connectivity index (χ3n) is 12.6. The highest BCUT2D eigenvalue weighted by molar-refractivity contribution is 6.11. The zero-order chi connectivity index (χ0) is 38.5. The first-order valence-corrected chi connectivity index (χ1v) is 20.1. The molecule has 3 nitrogen and oxygen atoms in total. The van der Waals surface area contributed by atoms with E-state index in [1.54, 1.807) is 0 Å². The first kappa shape index (κ1) is 32.8. The van der Waals surface area contributed by atoms with Crippen LogP contribution in [0.4, 0.5) is 17.1 Å². The van der Waals surface area contributed by atoms with E-state index in [4.69, 9.17) is 4.42 Å². The van der Waals surface area contributed by atoms with E-state index in [0.29, 0.717) is 0 Å². The van der Waals surface area contributed by atoms with E-state index in [1.165, 1.54) is 54.8 Å². The Bertz CT molecular complexity index is 3430. The number of hydrogen-bond donors (Lipinski definition) is 0. The summed E-state index contributed by atoms with van der Waals surface area (Å²) in [5, 5.41) is 7.17. The smallest absolute Gasteiger partial charge is 0.136 e. The zero-order valence-corrected chi connectivity index (χ0v) is 32.3. The summed E-state index contributed by atoms with van der Waals surface area (Å²) in [6.07, 6.45) is 0. The number of anilines is 3. The lowest BCUT2D eigenvalue weighted by molar-refractivity contribution is 0.660. The lowest BCUT2D eigenvalue weighted by Crippen LogP contribution is -2.16. The summed E-state index contributed by atoms with van der Waals surface area (Å²) in [5.74, 6) is 0. The van der Waals surface area contributed by atoms with Gasteiger partial charge in [-0.3, -0.25) is 0 Å². The van der Waals surface area contributed by atoms with Crippen LogP contribution in [0.15, 0.2) is 199 Å². The number of para-hydroxylation sites is 2. The molecule has 0 radical (unpaired) electrons. The Morgan fingerprint density at radius 1 is 0.431 bits per heavy atom. The molecule has 2 heterocycles. The van der Waals surface area contributed by atoms with Gasteiger partial charge in [-0.1, -0.05) is 135 Å². The van der Waals surface area contributed by atoms with Crippen LogP contribution < -0.4 is 4.90 Å². The first-order chi connectivity index (χ1) is 28.5. The van der Waals surface area contributed by atoms with Gasteiger partial charge in [-0.25, -0.2) is 0 Å². The highest BCUT2D eigenvalue weighted by Crippen LogP contribution is 2.51. The van der Waals surface area contributed by atoms with E-state index in [9.17, 15) is 0 Å². The number of hydrogen-bond acceptors (Lipinski definition) is 2. The van der Waals surface area contributed by atoms with Crippen LogP contribution in [-0.2, 0) is 5.41 Å². The Morgan fingerprint density at radius 2 is 1.09 bits per heavy atom. The van der Waals surface area contributed by atoms with Crippen LogP contribution in [0.2, 0.25) is 0 Å². The molecule has 3 heteroatoms. The molecule has 12 rings (SSSR count). The second kappa shape index (κ2) is 12.3. The molecule has 0 N–H and O–H groups in total. The third kappa shape index (κ3) is 4.80. The molecule has 0 saturated heterocycles. The van der Waals surface area contributed by atoms with E-state index >= 15 is 0 Å². The summed E-state index contributed by atoms with van der Waals surface area (Å²) < 4.78 is 8.63. The standard InChI is InChI=1S/C55H38N2O/c1-55(2)48-18-8-5-15-42(48)43-30-27-40(34-49(43)55)56(50-20-11-13-36-12-3-4-14-41(36)50)39-28-31-52-47(33-39)44-16-6-9-19-51(44)57(52)38-25-22-35(23-26-38)37-24-29-46-45-17-7-10-21-53(45)58-54(46)32-37/h3-34H,1-2H3. The van der Waals surface area contributed by atoms with Crippen LogP contribution in [0.1, 0.15) is 25.0 Å². The molecule has 0 spiro atoms. The molecule has 0 aliphatic heterocycles. The van der Waals surface area contributed by atoms with E-state index in [2.05, 4.69) is 205 Å². The van der Waals surface area contributed by atoms with Crippen LogP contribution >= 0.6 is 0 Å². The molecule has 0 saturated carbocycles. The van der Waals surface area contributed by atoms with Gasteiger partial charge in [0.2, 0.25) is 0 Å². The normalized spacial score (nSPS) is 13.1. The molecular formula is C55H38N2O. The van der Waals surface area contributed by atoms with Gasteiger partial charge in [0.1, 0.15) is 11.2 Å². The average molecular weight is 743 g/mol. The minimum Gasteiger partial charge on any atom is -0.456 e. The summed E-state index contributed by atoms with van der Waals surface area (Å²) in [7, 11) is 0. The quantitative estimate of drug-likeness (QED) is 0.175. The summed E-state index contributed by atoms with van der Waals surface area (Å²) in [6.45, 7) is 4.72. The maximum Gasteiger partial charge on any atom is 0.136 e. The van der Waals surface area contributed by atoms with Gasteiger partial charge in [0.25, 0.3) is 0 Å². The largest absolute Gasteiger partial charge is 0.456 e. The van der Waals surface area contributed by atoms with Crippen LogP contribution in [0.5, 0.6) is 0 Å². The molecule has 2 aromatic heterocycles. The Kier molecular flexibility index (Phi) is 6.98. The van der Waals surface area contributed by atoms with Crippen molar-refractivity contribution in [2.75, 3.05) is 4.90 Å². The van der Waals surface area contributed by atoms with E-state index < -0.39 is 0 Å². The Labute approximate surface area is 336 Å². The number of nitrogens with zero attached hydrogens (tertiary/aromatic N) is 2. The average Bonchev–Trinajstić information content (AvgIpc) is 3.89. The van der Waals surface area contributed by atoms with Gasteiger partial charge in [-0.2, -0.15) is 0 Å². The van der Waals surface area contributed by atoms with Crippen LogP contribution in [0.25, 0.3) is 82.5 Å². The SMILES string of the molecule is CC1(C)c2ccccc2-c2ccc(N(c3ccc4c(c3)c3ccccc3n4-c3ccc(-c4ccc5c(c4)oc4ccccc45)cc3)c3cccc4ccccc34)cc21. The number of rotatable bonds is 5. The second-order valence-corrected chi connectivity index (χ2v) is 16.1. The molecule has 9 aromatic carbocycles. The van der Waals surface area contributed by atoms with Crippen molar-refractivity contribution >= 4 is 71.6 Å². The zero-order valence-electron chi connectivity index (χ0n) is 32.3. The van der Waals surface area contributed by atoms with Crippen molar-refractivity contribution in [1.29, 1.82) is 0 Å². The minimum atomic E-state index is -0.112. The number of fused-ring (bicyclic) bond motifs is 10. The molecule has 11 aromatic rings. The predicted molar refractivity (Wildman–Crippen MR) is 243 cm³/mol. The van der Waals surface area contributed by atoms with E-state index in [0.717, 1.165) is 55.8 Å². The highest BCUT2D eigenvalue weighted by atomic mass is 16.3. The molecular weight excluding hydrogens is 705 g/mol. The molecule has 1 aliphatic rings. The fourth-order valence-electron chi connectivity index (χ4n) is 9.75. The van der Waals surface area contributed by atoms with Gasteiger partial charge in [-0.15, -0.1) is 0 Å². The summed E-state index contributed by atoms with van der Waals surface area (Å²) in [5.41, 5.74) is 16.3. The molecule has 58 heavy (non-hydrogen) atoms. The van der Waals surface area contributed by atoms with Crippen molar-refractivity contribution in [2.45, 2.75) is 19.3 Å². The Hall–Kier alpha value is -7.36. The lowest BCUT2D eigenvalue weighted by Gasteiger charge is -2.29. The summed E-state index contributed by atoms with van der Waals surface area (Å²) >= 11 is 0. The number of benzene rings is 9. The van der Waals surface area contributed by atoms with Crippen molar-refractivity contribution in [3.8, 4) is 27.9 Å². The Balaban J connectivity index is 1.00. The predicted octanol–water partition coefficient (Wildman–Crippen LogP) is 15.3. The number of aromatic nitrogens is 1. The van der Waals surface area contributed by atoms with Gasteiger partial charge in [0.05, 0.1) is 16.7 Å². The maximum atomic E-state index is 6.23. The highest BCUT2D eigenvalue weighted by Gasteiger charge is 2.36. The number of furan rings is 1. The molecule has 0 unspecified atom stereocenters. The summed E-state index contributed by atoms with van der Waals surface area (Å²) in [6, 6.07) is 70.8. The monoisotopic (exact) mass is 742 g/mol. The fraction of sp³-hybridized carbons (Fsp3) is 0.0545. The van der Waals surface area contributed by atoms with Gasteiger partial charge in [0.15, 0.2) is 0 Å². The van der Waals surface area contributed by atoms with E-state index in [-0.39, 0.29) is 5.41 Å².